The molecule has 1 atom stereocenters. The summed E-state index contributed by atoms with van der Waals surface area (Å²) >= 11 is 0. The largest absolute Gasteiger partial charge is 0.376 e. The van der Waals surface area contributed by atoms with E-state index in [1.54, 1.807) is 11.8 Å². The van der Waals surface area contributed by atoms with Crippen molar-refractivity contribution in [1.29, 1.82) is 0 Å². The Balaban J connectivity index is 1.74. The molecule has 0 spiro atoms. The van der Waals surface area contributed by atoms with Crippen LogP contribution >= 0.6 is 0 Å². The van der Waals surface area contributed by atoms with Crippen molar-refractivity contribution in [3.8, 4) is 0 Å². The number of carbonyl (C=O) groups excluding carboxylic acids is 2. The van der Waals surface area contributed by atoms with Crippen LogP contribution in [0.5, 0.6) is 0 Å². The number of ether oxygens (including phenoxy) is 1. The fourth-order valence-electron chi connectivity index (χ4n) is 2.78. The number of carbonyl (C=O) groups is 2. The highest BCUT2D eigenvalue weighted by Crippen LogP contribution is 2.20. The van der Waals surface area contributed by atoms with Crippen LogP contribution in [0.4, 0.5) is 0 Å². The van der Waals surface area contributed by atoms with E-state index in [0.29, 0.717) is 32.2 Å². The highest BCUT2D eigenvalue weighted by molar-refractivity contribution is 5.89. The van der Waals surface area contributed by atoms with Crippen molar-refractivity contribution in [2.45, 2.75) is 57.6 Å². The summed E-state index contributed by atoms with van der Waals surface area (Å²) in [6.45, 7) is 3.41. The molecule has 2 fully saturated rings. The first-order chi connectivity index (χ1) is 9.16. The number of nitrogens with one attached hydrogen (secondary N) is 1. The Morgan fingerprint density at radius 3 is 2.74 bits per heavy atom. The van der Waals surface area contributed by atoms with E-state index >= 15 is 0 Å². The van der Waals surface area contributed by atoms with E-state index in [2.05, 4.69) is 5.32 Å². The molecule has 1 aliphatic heterocycles. The fourth-order valence-corrected chi connectivity index (χ4v) is 2.78. The molecule has 2 rings (SSSR count). The molecule has 1 heterocycles. The molecular weight excluding hydrogens is 244 g/mol. The van der Waals surface area contributed by atoms with E-state index in [9.17, 15) is 9.59 Å². The highest BCUT2D eigenvalue weighted by atomic mass is 16.5. The molecular formula is C14H24N2O3. The van der Waals surface area contributed by atoms with Gasteiger partial charge in [-0.2, -0.15) is 0 Å². The number of nitrogens with zero attached hydrogens (tertiary/aromatic N) is 1. The zero-order chi connectivity index (χ0) is 13.7. The van der Waals surface area contributed by atoms with Gasteiger partial charge in [-0.15, -0.1) is 0 Å². The average molecular weight is 268 g/mol. The van der Waals surface area contributed by atoms with Gasteiger partial charge < -0.3 is 15.0 Å². The molecule has 0 radical (unpaired) electrons. The second-order valence-electron chi connectivity index (χ2n) is 5.50. The lowest BCUT2D eigenvalue weighted by Crippen LogP contribution is -2.43. The standard InChI is InChI=1S/C14H24N2O3/c1-11-14(18)16(8-7-13(17)15-11)9-10-19-12-5-3-2-4-6-12/h11-12H,2-10H2,1H3,(H,15,17). The van der Waals surface area contributed by atoms with Gasteiger partial charge >= 0.3 is 0 Å². The van der Waals surface area contributed by atoms with Crippen molar-refractivity contribution in [2.24, 2.45) is 0 Å². The lowest BCUT2D eigenvalue weighted by atomic mass is 9.98. The van der Waals surface area contributed by atoms with Crippen molar-refractivity contribution in [3.63, 3.8) is 0 Å². The lowest BCUT2D eigenvalue weighted by molar-refractivity contribution is -0.134. The molecule has 0 aromatic rings. The minimum Gasteiger partial charge on any atom is -0.376 e. The molecule has 1 unspecified atom stereocenters. The Morgan fingerprint density at radius 2 is 2.00 bits per heavy atom. The lowest BCUT2D eigenvalue weighted by Gasteiger charge is -2.25. The van der Waals surface area contributed by atoms with E-state index in [1.807, 2.05) is 0 Å². The number of hydrogen-bond acceptors (Lipinski definition) is 3. The van der Waals surface area contributed by atoms with Gasteiger partial charge in [-0.25, -0.2) is 0 Å². The predicted octanol–water partition coefficient (Wildman–Crippen LogP) is 1.07. The Hall–Kier alpha value is -1.10. The summed E-state index contributed by atoms with van der Waals surface area (Å²) < 4.78 is 5.84. The maximum Gasteiger partial charge on any atom is 0.244 e. The monoisotopic (exact) mass is 268 g/mol. The van der Waals surface area contributed by atoms with Crippen molar-refractivity contribution in [2.75, 3.05) is 19.7 Å². The van der Waals surface area contributed by atoms with Gasteiger partial charge in [0.2, 0.25) is 11.8 Å². The molecule has 108 valence electrons. The molecule has 1 saturated carbocycles. The van der Waals surface area contributed by atoms with E-state index in [-0.39, 0.29) is 11.8 Å². The van der Waals surface area contributed by atoms with Crippen LogP contribution in [-0.4, -0.2) is 48.6 Å². The molecule has 0 bridgehead atoms. The van der Waals surface area contributed by atoms with E-state index in [0.717, 1.165) is 12.8 Å². The Kier molecular flexibility index (Phi) is 5.19. The first-order valence-corrected chi connectivity index (χ1v) is 7.36. The Labute approximate surface area is 114 Å². The summed E-state index contributed by atoms with van der Waals surface area (Å²) in [5, 5.41) is 2.69. The third-order valence-corrected chi connectivity index (χ3v) is 3.94. The molecule has 0 aromatic heterocycles. The van der Waals surface area contributed by atoms with Crippen molar-refractivity contribution in [3.05, 3.63) is 0 Å². The molecule has 2 amide bonds. The number of rotatable bonds is 4. The van der Waals surface area contributed by atoms with Crippen molar-refractivity contribution >= 4 is 11.8 Å². The summed E-state index contributed by atoms with van der Waals surface area (Å²) in [7, 11) is 0. The number of hydrogen-bond donors (Lipinski definition) is 1. The maximum absolute atomic E-state index is 12.0. The minimum absolute atomic E-state index is 0.00176. The van der Waals surface area contributed by atoms with Gasteiger partial charge in [0.1, 0.15) is 6.04 Å². The molecule has 0 aromatic carbocycles. The molecule has 19 heavy (non-hydrogen) atoms. The predicted molar refractivity (Wildman–Crippen MR) is 71.6 cm³/mol. The summed E-state index contributed by atoms with van der Waals surface area (Å²) in [6.07, 6.45) is 6.86. The zero-order valence-corrected chi connectivity index (χ0v) is 11.7. The molecule has 5 nitrogen and oxygen atoms in total. The topological polar surface area (TPSA) is 58.6 Å². The smallest absolute Gasteiger partial charge is 0.244 e. The fraction of sp³-hybridized carbons (Fsp3) is 0.857. The van der Waals surface area contributed by atoms with E-state index in [4.69, 9.17) is 4.74 Å². The van der Waals surface area contributed by atoms with Gasteiger partial charge in [-0.3, -0.25) is 9.59 Å². The first-order valence-electron chi connectivity index (χ1n) is 7.36. The average Bonchev–Trinajstić information content (AvgIpc) is 2.53. The van der Waals surface area contributed by atoms with Crippen LogP contribution in [0.1, 0.15) is 45.4 Å². The van der Waals surface area contributed by atoms with Crippen LogP contribution in [0.15, 0.2) is 0 Å². The third kappa shape index (κ3) is 4.20. The molecule has 5 heteroatoms. The van der Waals surface area contributed by atoms with Crippen molar-refractivity contribution < 1.29 is 14.3 Å². The van der Waals surface area contributed by atoms with Crippen LogP contribution in [0.3, 0.4) is 0 Å². The van der Waals surface area contributed by atoms with Gasteiger partial charge in [0.15, 0.2) is 0 Å². The normalized spacial score (nSPS) is 26.2. The van der Waals surface area contributed by atoms with Crippen LogP contribution in [-0.2, 0) is 14.3 Å². The molecule has 1 saturated heterocycles. The maximum atomic E-state index is 12.0. The van der Waals surface area contributed by atoms with Crippen LogP contribution in [0.25, 0.3) is 0 Å². The second-order valence-corrected chi connectivity index (χ2v) is 5.50. The van der Waals surface area contributed by atoms with Crippen molar-refractivity contribution in [1.82, 2.24) is 10.2 Å². The third-order valence-electron chi connectivity index (χ3n) is 3.94. The number of amides is 2. The van der Waals surface area contributed by atoms with E-state index < -0.39 is 6.04 Å². The summed E-state index contributed by atoms with van der Waals surface area (Å²) in [5.74, 6) is -0.0466. The van der Waals surface area contributed by atoms with Gasteiger partial charge in [-0.05, 0) is 19.8 Å². The highest BCUT2D eigenvalue weighted by Gasteiger charge is 2.26. The van der Waals surface area contributed by atoms with E-state index in [1.165, 1.54) is 19.3 Å². The zero-order valence-electron chi connectivity index (χ0n) is 11.7. The first kappa shape index (κ1) is 14.3. The van der Waals surface area contributed by atoms with Crippen LogP contribution < -0.4 is 5.32 Å². The summed E-state index contributed by atoms with van der Waals surface area (Å²) in [4.78, 5) is 25.2. The Bertz CT molecular complexity index is 327. The molecule has 2 aliphatic rings. The summed E-state index contributed by atoms with van der Waals surface area (Å²) in [6, 6.07) is -0.412. The summed E-state index contributed by atoms with van der Waals surface area (Å²) in [5.41, 5.74) is 0. The van der Waals surface area contributed by atoms with Gasteiger partial charge in [0, 0.05) is 19.5 Å². The van der Waals surface area contributed by atoms with Crippen LogP contribution in [0.2, 0.25) is 0 Å². The Morgan fingerprint density at radius 1 is 1.26 bits per heavy atom. The van der Waals surface area contributed by atoms with Gasteiger partial charge in [0.25, 0.3) is 0 Å². The van der Waals surface area contributed by atoms with Gasteiger partial charge in [-0.1, -0.05) is 19.3 Å². The molecule has 1 aliphatic carbocycles. The SMILES string of the molecule is CC1NC(=O)CCN(CCOC2CCCCC2)C1=O. The van der Waals surface area contributed by atoms with Gasteiger partial charge in [0.05, 0.1) is 12.7 Å². The van der Waals surface area contributed by atoms with Crippen LogP contribution in [0, 0.1) is 0 Å². The second kappa shape index (κ2) is 6.89. The molecule has 1 N–H and O–H groups in total. The quantitative estimate of drug-likeness (QED) is 0.830. The minimum atomic E-state index is -0.412.